The molecule has 0 spiro atoms. The van der Waals surface area contributed by atoms with Gasteiger partial charge in [-0.15, -0.1) is 11.3 Å². The fourth-order valence-corrected chi connectivity index (χ4v) is 3.23. The van der Waals surface area contributed by atoms with E-state index in [-0.39, 0.29) is 5.91 Å². The second kappa shape index (κ2) is 5.09. The first-order valence-corrected chi connectivity index (χ1v) is 7.21. The van der Waals surface area contributed by atoms with Crippen LogP contribution in [0.25, 0.3) is 0 Å². The summed E-state index contributed by atoms with van der Waals surface area (Å²) in [6.45, 7) is 1.04. The minimum Gasteiger partial charge on any atom is -0.478 e. The third-order valence-electron chi connectivity index (χ3n) is 3.52. The van der Waals surface area contributed by atoms with Crippen molar-refractivity contribution < 1.29 is 14.7 Å². The largest absolute Gasteiger partial charge is 0.478 e. The van der Waals surface area contributed by atoms with Gasteiger partial charge in [0.05, 0.1) is 10.4 Å². The monoisotopic (exact) mass is 287 g/mol. The molecular formula is C15H13NO3S. The third-order valence-corrected chi connectivity index (χ3v) is 4.37. The standard InChI is InChI=1S/C15H13NO3S/c17-14(13-5-2-8-20-13)16-7-6-11-10(9-16)3-1-4-12(11)15(18)19/h1-5,8H,6-7,9H2,(H,18,19). The molecule has 0 aliphatic carbocycles. The highest BCUT2D eigenvalue weighted by molar-refractivity contribution is 7.12. The molecule has 3 rings (SSSR count). The van der Waals surface area contributed by atoms with Crippen LogP contribution in [0.5, 0.6) is 0 Å². The van der Waals surface area contributed by atoms with E-state index in [4.69, 9.17) is 0 Å². The molecule has 0 bridgehead atoms. The maximum Gasteiger partial charge on any atom is 0.335 e. The van der Waals surface area contributed by atoms with Crippen LogP contribution in [0.2, 0.25) is 0 Å². The predicted molar refractivity (Wildman–Crippen MR) is 76.2 cm³/mol. The minimum absolute atomic E-state index is 0.0198. The molecule has 4 nitrogen and oxygen atoms in total. The number of carbonyl (C=O) groups excluding carboxylic acids is 1. The van der Waals surface area contributed by atoms with E-state index in [1.807, 2.05) is 23.6 Å². The van der Waals surface area contributed by atoms with E-state index in [2.05, 4.69) is 0 Å². The van der Waals surface area contributed by atoms with E-state index in [0.29, 0.717) is 25.1 Å². The van der Waals surface area contributed by atoms with Gasteiger partial charge in [-0.2, -0.15) is 0 Å². The first-order chi connectivity index (χ1) is 9.66. The number of hydrogen-bond donors (Lipinski definition) is 1. The number of amides is 1. The van der Waals surface area contributed by atoms with E-state index < -0.39 is 5.97 Å². The molecule has 0 radical (unpaired) electrons. The molecular weight excluding hydrogens is 274 g/mol. The summed E-state index contributed by atoms with van der Waals surface area (Å²) < 4.78 is 0. The highest BCUT2D eigenvalue weighted by Crippen LogP contribution is 2.24. The Morgan fingerprint density at radius 3 is 2.75 bits per heavy atom. The van der Waals surface area contributed by atoms with Crippen molar-refractivity contribution in [2.75, 3.05) is 6.54 Å². The van der Waals surface area contributed by atoms with Crippen molar-refractivity contribution in [3.05, 3.63) is 57.3 Å². The summed E-state index contributed by atoms with van der Waals surface area (Å²) in [5.74, 6) is -0.883. The molecule has 1 aliphatic rings. The van der Waals surface area contributed by atoms with Crippen molar-refractivity contribution in [2.45, 2.75) is 13.0 Å². The molecule has 2 aromatic rings. The van der Waals surface area contributed by atoms with Crippen LogP contribution in [0.1, 0.15) is 31.2 Å². The highest BCUT2D eigenvalue weighted by atomic mass is 32.1. The quantitative estimate of drug-likeness (QED) is 0.923. The van der Waals surface area contributed by atoms with Gasteiger partial charge in [0.1, 0.15) is 0 Å². The normalized spacial score (nSPS) is 13.9. The Hall–Kier alpha value is -2.14. The van der Waals surface area contributed by atoms with Gasteiger partial charge in [-0.3, -0.25) is 4.79 Å². The van der Waals surface area contributed by atoms with Gasteiger partial charge in [-0.1, -0.05) is 18.2 Å². The molecule has 20 heavy (non-hydrogen) atoms. The molecule has 0 saturated carbocycles. The smallest absolute Gasteiger partial charge is 0.335 e. The van der Waals surface area contributed by atoms with E-state index in [1.54, 1.807) is 17.0 Å². The summed E-state index contributed by atoms with van der Waals surface area (Å²) in [4.78, 5) is 26.0. The number of carboxylic acid groups (broad SMARTS) is 1. The van der Waals surface area contributed by atoms with Gasteiger partial charge in [-0.05, 0) is 35.1 Å². The van der Waals surface area contributed by atoms with E-state index >= 15 is 0 Å². The zero-order chi connectivity index (χ0) is 14.1. The van der Waals surface area contributed by atoms with Crippen LogP contribution >= 0.6 is 11.3 Å². The van der Waals surface area contributed by atoms with Crippen molar-refractivity contribution in [2.24, 2.45) is 0 Å². The van der Waals surface area contributed by atoms with Crippen molar-refractivity contribution in [3.63, 3.8) is 0 Å². The fraction of sp³-hybridized carbons (Fsp3) is 0.200. The molecule has 5 heteroatoms. The Balaban J connectivity index is 1.88. The van der Waals surface area contributed by atoms with Crippen molar-refractivity contribution in [1.82, 2.24) is 4.90 Å². The van der Waals surface area contributed by atoms with Crippen LogP contribution in [0.4, 0.5) is 0 Å². The van der Waals surface area contributed by atoms with Crippen molar-refractivity contribution in [1.29, 1.82) is 0 Å². The molecule has 0 unspecified atom stereocenters. The summed E-state index contributed by atoms with van der Waals surface area (Å²) >= 11 is 1.43. The summed E-state index contributed by atoms with van der Waals surface area (Å²) in [7, 11) is 0. The Kier molecular flexibility index (Phi) is 3.28. The summed E-state index contributed by atoms with van der Waals surface area (Å²) in [6.07, 6.45) is 0.592. The van der Waals surface area contributed by atoms with E-state index in [1.165, 1.54) is 11.3 Å². The second-order valence-electron chi connectivity index (χ2n) is 4.70. The van der Waals surface area contributed by atoms with E-state index in [0.717, 1.165) is 16.0 Å². The average molecular weight is 287 g/mol. The van der Waals surface area contributed by atoms with Crippen LogP contribution in [-0.2, 0) is 13.0 Å². The molecule has 1 N–H and O–H groups in total. The zero-order valence-corrected chi connectivity index (χ0v) is 11.5. The van der Waals surface area contributed by atoms with Gasteiger partial charge in [0.2, 0.25) is 0 Å². The van der Waals surface area contributed by atoms with Gasteiger partial charge in [0.25, 0.3) is 5.91 Å². The lowest BCUT2D eigenvalue weighted by Gasteiger charge is -2.29. The zero-order valence-electron chi connectivity index (χ0n) is 10.7. The molecule has 1 aliphatic heterocycles. The summed E-state index contributed by atoms with van der Waals surface area (Å²) in [6, 6.07) is 8.93. The third kappa shape index (κ3) is 2.20. The first-order valence-electron chi connectivity index (χ1n) is 6.33. The first kappa shape index (κ1) is 12.9. The molecule has 1 aromatic carbocycles. The predicted octanol–water partition coefficient (Wildman–Crippen LogP) is 2.64. The second-order valence-corrected chi connectivity index (χ2v) is 5.65. The lowest BCUT2D eigenvalue weighted by molar-refractivity contribution is 0.0694. The fourth-order valence-electron chi connectivity index (χ4n) is 2.54. The maximum absolute atomic E-state index is 12.3. The van der Waals surface area contributed by atoms with Crippen molar-refractivity contribution >= 4 is 23.2 Å². The van der Waals surface area contributed by atoms with Crippen molar-refractivity contribution in [3.8, 4) is 0 Å². The van der Waals surface area contributed by atoms with Crippen LogP contribution in [0.15, 0.2) is 35.7 Å². The van der Waals surface area contributed by atoms with Gasteiger partial charge < -0.3 is 10.0 Å². The highest BCUT2D eigenvalue weighted by Gasteiger charge is 2.25. The molecule has 1 amide bonds. The summed E-state index contributed by atoms with van der Waals surface area (Å²) in [5.41, 5.74) is 2.14. The average Bonchev–Trinajstić information content (AvgIpc) is 2.99. The number of aromatic carboxylic acids is 1. The SMILES string of the molecule is O=C(O)c1cccc2c1CCN(C(=O)c1cccs1)C2. The Labute approximate surface area is 120 Å². The minimum atomic E-state index is -0.903. The molecule has 102 valence electrons. The van der Waals surface area contributed by atoms with Gasteiger partial charge in [-0.25, -0.2) is 4.79 Å². The molecule has 0 fully saturated rings. The number of benzene rings is 1. The topological polar surface area (TPSA) is 57.6 Å². The maximum atomic E-state index is 12.3. The number of carbonyl (C=O) groups is 2. The van der Waals surface area contributed by atoms with Gasteiger partial charge in [0, 0.05) is 13.1 Å². The lowest BCUT2D eigenvalue weighted by atomic mass is 9.94. The molecule has 1 aromatic heterocycles. The van der Waals surface area contributed by atoms with Crippen LogP contribution in [-0.4, -0.2) is 28.4 Å². The number of thiophene rings is 1. The van der Waals surface area contributed by atoms with Gasteiger partial charge >= 0.3 is 5.97 Å². The number of nitrogens with zero attached hydrogens (tertiary/aromatic N) is 1. The summed E-state index contributed by atoms with van der Waals surface area (Å²) in [5, 5.41) is 11.1. The number of rotatable bonds is 2. The number of carboxylic acids is 1. The Bertz CT molecular complexity index is 664. The van der Waals surface area contributed by atoms with Crippen LogP contribution in [0, 0.1) is 0 Å². The van der Waals surface area contributed by atoms with Crippen LogP contribution < -0.4 is 0 Å². The lowest BCUT2D eigenvalue weighted by Crippen LogP contribution is -2.36. The molecule has 0 atom stereocenters. The number of hydrogen-bond acceptors (Lipinski definition) is 3. The Morgan fingerprint density at radius 1 is 1.20 bits per heavy atom. The van der Waals surface area contributed by atoms with Crippen LogP contribution in [0.3, 0.4) is 0 Å². The molecule has 0 saturated heterocycles. The Morgan fingerprint density at radius 2 is 2.05 bits per heavy atom. The molecule has 2 heterocycles. The van der Waals surface area contributed by atoms with Gasteiger partial charge in [0.15, 0.2) is 0 Å². The number of fused-ring (bicyclic) bond motifs is 1. The van der Waals surface area contributed by atoms with E-state index in [9.17, 15) is 14.7 Å².